The Labute approximate surface area is 156 Å². The third-order valence-electron chi connectivity index (χ3n) is 4.77. The summed E-state index contributed by atoms with van der Waals surface area (Å²) in [6.45, 7) is 1.85. The van der Waals surface area contributed by atoms with Gasteiger partial charge in [0.25, 0.3) is 0 Å². The second kappa shape index (κ2) is 8.08. The van der Waals surface area contributed by atoms with Gasteiger partial charge in [0.15, 0.2) is 0 Å². The lowest BCUT2D eigenvalue weighted by Crippen LogP contribution is -2.42. The van der Waals surface area contributed by atoms with Crippen LogP contribution >= 0.6 is 0 Å². The number of nitrogens with zero attached hydrogens (tertiary/aromatic N) is 2. The molecule has 2 aromatic carbocycles. The van der Waals surface area contributed by atoms with Gasteiger partial charge in [-0.25, -0.2) is 0 Å². The van der Waals surface area contributed by atoms with Crippen LogP contribution in [0.5, 0.6) is 11.5 Å². The Kier molecular flexibility index (Phi) is 5.79. The van der Waals surface area contributed by atoms with Gasteiger partial charge >= 0.3 is 6.36 Å². The highest BCUT2D eigenvalue weighted by atomic mass is 19.4. The molecule has 0 spiro atoms. The van der Waals surface area contributed by atoms with Crippen molar-refractivity contribution >= 4 is 5.69 Å². The van der Waals surface area contributed by atoms with E-state index in [1.54, 1.807) is 24.3 Å². The van der Waals surface area contributed by atoms with E-state index in [9.17, 15) is 18.3 Å². The van der Waals surface area contributed by atoms with Gasteiger partial charge in [0.2, 0.25) is 0 Å². The molecule has 1 fully saturated rings. The first-order valence-electron chi connectivity index (χ1n) is 8.95. The van der Waals surface area contributed by atoms with Crippen LogP contribution in [0.2, 0.25) is 0 Å². The van der Waals surface area contributed by atoms with E-state index in [1.807, 2.05) is 19.2 Å². The van der Waals surface area contributed by atoms with Crippen LogP contribution in [0.3, 0.4) is 0 Å². The Bertz CT molecular complexity index is 726. The van der Waals surface area contributed by atoms with Crippen molar-refractivity contribution in [2.45, 2.75) is 31.8 Å². The van der Waals surface area contributed by atoms with Gasteiger partial charge in [-0.1, -0.05) is 18.6 Å². The minimum absolute atomic E-state index is 0.116. The summed E-state index contributed by atoms with van der Waals surface area (Å²) >= 11 is 0. The second-order valence-corrected chi connectivity index (χ2v) is 6.71. The van der Waals surface area contributed by atoms with E-state index in [4.69, 9.17) is 0 Å². The summed E-state index contributed by atoms with van der Waals surface area (Å²) in [5.74, 6) is -0.0359. The Morgan fingerprint density at radius 1 is 0.963 bits per heavy atom. The van der Waals surface area contributed by atoms with Crippen molar-refractivity contribution in [2.75, 3.05) is 25.0 Å². The minimum atomic E-state index is -4.70. The molecule has 27 heavy (non-hydrogen) atoms. The normalized spacial score (nSPS) is 16.7. The molecule has 2 aromatic rings. The first-order chi connectivity index (χ1) is 12.8. The van der Waals surface area contributed by atoms with Gasteiger partial charge in [0, 0.05) is 25.8 Å². The molecular formula is C20H23F3N2O2. The summed E-state index contributed by atoms with van der Waals surface area (Å²) in [6, 6.07) is 13.0. The standard InChI is InChI=1S/C20H23F3N2O2/c1-24(16-7-9-17(26)10-8-16)19(25-13-3-2-4-14-25)15-5-11-18(12-6-15)27-20(21,22)23/h5-12,19,26H,2-4,13-14H2,1H3. The molecule has 0 saturated carbocycles. The zero-order valence-electron chi connectivity index (χ0n) is 15.1. The van der Waals surface area contributed by atoms with E-state index >= 15 is 0 Å². The highest BCUT2D eigenvalue weighted by Gasteiger charge is 2.31. The number of piperidine rings is 1. The smallest absolute Gasteiger partial charge is 0.508 e. The zero-order valence-corrected chi connectivity index (χ0v) is 15.1. The largest absolute Gasteiger partial charge is 0.573 e. The molecule has 0 radical (unpaired) electrons. The molecule has 146 valence electrons. The van der Waals surface area contributed by atoms with Gasteiger partial charge in [-0.2, -0.15) is 0 Å². The summed E-state index contributed by atoms with van der Waals surface area (Å²) in [5, 5.41) is 9.53. The number of hydrogen-bond donors (Lipinski definition) is 1. The van der Waals surface area contributed by atoms with Crippen LogP contribution in [0.4, 0.5) is 18.9 Å². The average Bonchev–Trinajstić information content (AvgIpc) is 2.63. The number of halogens is 3. The van der Waals surface area contributed by atoms with Gasteiger partial charge in [-0.3, -0.25) is 4.90 Å². The maximum Gasteiger partial charge on any atom is 0.573 e. The fourth-order valence-corrected chi connectivity index (χ4v) is 3.51. The molecule has 1 heterocycles. The summed E-state index contributed by atoms with van der Waals surface area (Å²) < 4.78 is 41.2. The lowest BCUT2D eigenvalue weighted by molar-refractivity contribution is -0.274. The van der Waals surface area contributed by atoms with Crippen molar-refractivity contribution in [3.05, 3.63) is 54.1 Å². The van der Waals surface area contributed by atoms with Crippen LogP contribution in [-0.2, 0) is 0 Å². The number of rotatable bonds is 5. The van der Waals surface area contributed by atoms with Crippen LogP contribution in [0.1, 0.15) is 31.0 Å². The summed E-state index contributed by atoms with van der Waals surface area (Å²) in [4.78, 5) is 4.40. The fourth-order valence-electron chi connectivity index (χ4n) is 3.51. The summed E-state index contributed by atoms with van der Waals surface area (Å²) in [6.07, 6.45) is -1.44. The van der Waals surface area contributed by atoms with Crippen LogP contribution in [0.15, 0.2) is 48.5 Å². The Morgan fingerprint density at radius 3 is 2.11 bits per heavy atom. The van der Waals surface area contributed by atoms with Gasteiger partial charge < -0.3 is 14.7 Å². The van der Waals surface area contributed by atoms with Crippen molar-refractivity contribution < 1.29 is 23.0 Å². The van der Waals surface area contributed by atoms with E-state index in [0.717, 1.165) is 37.2 Å². The first-order valence-corrected chi connectivity index (χ1v) is 8.95. The predicted molar refractivity (Wildman–Crippen MR) is 97.8 cm³/mol. The highest BCUT2D eigenvalue weighted by molar-refractivity contribution is 5.50. The van der Waals surface area contributed by atoms with E-state index < -0.39 is 6.36 Å². The molecular weight excluding hydrogens is 357 g/mol. The molecule has 1 aliphatic heterocycles. The molecule has 0 amide bonds. The molecule has 0 bridgehead atoms. The summed E-state index contributed by atoms with van der Waals surface area (Å²) in [7, 11) is 1.95. The molecule has 1 unspecified atom stereocenters. The molecule has 1 aliphatic rings. The van der Waals surface area contributed by atoms with Crippen molar-refractivity contribution in [3.8, 4) is 11.5 Å². The maximum absolute atomic E-state index is 12.4. The van der Waals surface area contributed by atoms with Crippen molar-refractivity contribution in [1.29, 1.82) is 0 Å². The highest BCUT2D eigenvalue weighted by Crippen LogP contribution is 2.33. The third kappa shape index (κ3) is 5.07. The second-order valence-electron chi connectivity index (χ2n) is 6.71. The number of phenolic OH excluding ortho intramolecular Hbond substituents is 1. The van der Waals surface area contributed by atoms with E-state index in [1.165, 1.54) is 18.6 Å². The quantitative estimate of drug-likeness (QED) is 0.799. The molecule has 4 nitrogen and oxygen atoms in total. The number of hydrogen-bond acceptors (Lipinski definition) is 4. The topological polar surface area (TPSA) is 35.9 Å². The maximum atomic E-state index is 12.4. The molecule has 1 N–H and O–H groups in total. The molecule has 0 aliphatic carbocycles. The number of anilines is 1. The van der Waals surface area contributed by atoms with Gasteiger partial charge in [-0.05, 0) is 54.8 Å². The average molecular weight is 380 g/mol. The number of benzene rings is 2. The fraction of sp³-hybridized carbons (Fsp3) is 0.400. The minimum Gasteiger partial charge on any atom is -0.508 e. The number of likely N-dealkylation sites (tertiary alicyclic amines) is 1. The van der Waals surface area contributed by atoms with Crippen molar-refractivity contribution in [3.63, 3.8) is 0 Å². The van der Waals surface area contributed by atoms with E-state index in [2.05, 4.69) is 14.5 Å². The van der Waals surface area contributed by atoms with Gasteiger partial charge in [0.1, 0.15) is 17.7 Å². The Balaban J connectivity index is 1.88. The molecule has 1 atom stereocenters. The van der Waals surface area contributed by atoms with Gasteiger partial charge in [-0.15, -0.1) is 13.2 Å². The lowest BCUT2D eigenvalue weighted by atomic mass is 10.1. The van der Waals surface area contributed by atoms with Crippen LogP contribution in [0, 0.1) is 0 Å². The molecule has 7 heteroatoms. The van der Waals surface area contributed by atoms with Crippen molar-refractivity contribution in [1.82, 2.24) is 4.90 Å². The number of aromatic hydroxyl groups is 1. The molecule has 0 aromatic heterocycles. The van der Waals surface area contributed by atoms with E-state index in [-0.39, 0.29) is 17.7 Å². The molecule has 3 rings (SSSR count). The SMILES string of the molecule is CN(c1ccc(O)cc1)C(c1ccc(OC(F)(F)F)cc1)N1CCCCC1. The summed E-state index contributed by atoms with van der Waals surface area (Å²) in [5.41, 5.74) is 1.81. The number of ether oxygens (including phenoxy) is 1. The third-order valence-corrected chi connectivity index (χ3v) is 4.77. The van der Waals surface area contributed by atoms with Crippen LogP contribution < -0.4 is 9.64 Å². The van der Waals surface area contributed by atoms with Crippen LogP contribution in [0.25, 0.3) is 0 Å². The zero-order chi connectivity index (χ0) is 19.4. The monoisotopic (exact) mass is 380 g/mol. The first kappa shape index (κ1) is 19.4. The Hall–Kier alpha value is -2.41. The lowest BCUT2D eigenvalue weighted by Gasteiger charge is -2.41. The van der Waals surface area contributed by atoms with Crippen molar-refractivity contribution in [2.24, 2.45) is 0 Å². The number of phenols is 1. The van der Waals surface area contributed by atoms with E-state index in [0.29, 0.717) is 0 Å². The van der Waals surface area contributed by atoms with Gasteiger partial charge in [0.05, 0.1) is 0 Å². The predicted octanol–water partition coefficient (Wildman–Crippen LogP) is 4.91. The number of alkyl halides is 3. The molecule has 1 saturated heterocycles. The van der Waals surface area contributed by atoms with Crippen LogP contribution in [-0.4, -0.2) is 36.5 Å². The Morgan fingerprint density at radius 2 is 1.56 bits per heavy atom.